The summed E-state index contributed by atoms with van der Waals surface area (Å²) in [6.45, 7) is 6.54. The molecular weight excluding hydrogens is 313 g/mol. The number of rotatable bonds is 5. The monoisotopic (exact) mass is 339 g/mol. The molecule has 0 aromatic heterocycles. The lowest BCUT2D eigenvalue weighted by atomic mass is 9.67. The lowest BCUT2D eigenvalue weighted by Gasteiger charge is -2.41. The fourth-order valence-corrected chi connectivity index (χ4v) is 2.07. The zero-order chi connectivity index (χ0) is 11.1. The van der Waals surface area contributed by atoms with Crippen molar-refractivity contribution >= 4 is 29.9 Å². The van der Waals surface area contributed by atoms with Gasteiger partial charge in [0.2, 0.25) is 0 Å². The lowest BCUT2D eigenvalue weighted by Crippen LogP contribution is -2.46. The van der Waals surface area contributed by atoms with E-state index in [0.717, 1.165) is 25.5 Å². The van der Waals surface area contributed by atoms with Gasteiger partial charge in [-0.05, 0) is 31.1 Å². The third kappa shape index (κ3) is 4.47. The molecule has 3 nitrogen and oxygen atoms in total. The molecule has 1 aliphatic carbocycles. The van der Waals surface area contributed by atoms with E-state index in [1.54, 1.807) is 0 Å². The van der Waals surface area contributed by atoms with Crippen molar-refractivity contribution in [2.45, 2.75) is 46.0 Å². The fraction of sp³-hybridized carbons (Fsp3) is 0.917. The quantitative estimate of drug-likeness (QED) is 0.459. The summed E-state index contributed by atoms with van der Waals surface area (Å²) in [5, 5.41) is 6.74. The molecule has 0 radical (unpaired) electrons. The molecular formula is C12H26IN3. The summed E-state index contributed by atoms with van der Waals surface area (Å²) in [6.07, 6.45) is 6.57. The molecule has 1 fully saturated rings. The number of hydrogen-bond acceptors (Lipinski definition) is 1. The van der Waals surface area contributed by atoms with Crippen LogP contribution in [0.4, 0.5) is 0 Å². The van der Waals surface area contributed by atoms with Gasteiger partial charge in [0.1, 0.15) is 0 Å². The average Bonchev–Trinajstić information content (AvgIpc) is 2.21. The standard InChI is InChI=1S/C12H25N3.HI/c1-4-9-14-11(13-3)15-10-12(5-2)7-6-8-12;/h4-10H2,1-3H3,(H2,13,14,15);1H. The second-order valence-electron chi connectivity index (χ2n) is 4.56. The van der Waals surface area contributed by atoms with Crippen LogP contribution in [0.15, 0.2) is 4.99 Å². The Kier molecular flexibility index (Phi) is 8.14. The maximum absolute atomic E-state index is 4.22. The largest absolute Gasteiger partial charge is 0.356 e. The summed E-state index contributed by atoms with van der Waals surface area (Å²) in [6, 6.07) is 0. The van der Waals surface area contributed by atoms with Crippen LogP contribution in [0.1, 0.15) is 46.0 Å². The third-order valence-electron chi connectivity index (χ3n) is 3.56. The van der Waals surface area contributed by atoms with E-state index in [0.29, 0.717) is 5.41 Å². The highest BCUT2D eigenvalue weighted by molar-refractivity contribution is 14.0. The minimum atomic E-state index is 0. The van der Waals surface area contributed by atoms with E-state index in [4.69, 9.17) is 0 Å². The van der Waals surface area contributed by atoms with E-state index < -0.39 is 0 Å². The van der Waals surface area contributed by atoms with Crippen molar-refractivity contribution in [1.82, 2.24) is 10.6 Å². The number of guanidine groups is 1. The zero-order valence-electron chi connectivity index (χ0n) is 10.8. The first-order valence-corrected chi connectivity index (χ1v) is 6.21. The Morgan fingerprint density at radius 2 is 1.94 bits per heavy atom. The van der Waals surface area contributed by atoms with Crippen molar-refractivity contribution in [3.05, 3.63) is 0 Å². The van der Waals surface area contributed by atoms with Crippen molar-refractivity contribution in [2.75, 3.05) is 20.1 Å². The molecule has 0 heterocycles. The predicted octanol–water partition coefficient (Wildman–Crippen LogP) is 2.76. The van der Waals surface area contributed by atoms with Crippen LogP contribution >= 0.6 is 24.0 Å². The van der Waals surface area contributed by atoms with E-state index >= 15 is 0 Å². The van der Waals surface area contributed by atoms with Crippen molar-refractivity contribution in [3.8, 4) is 0 Å². The molecule has 0 aromatic carbocycles. The third-order valence-corrected chi connectivity index (χ3v) is 3.56. The van der Waals surface area contributed by atoms with Gasteiger partial charge in [0.25, 0.3) is 0 Å². The number of nitrogens with one attached hydrogen (secondary N) is 2. The van der Waals surface area contributed by atoms with E-state index in [-0.39, 0.29) is 24.0 Å². The van der Waals surface area contributed by atoms with E-state index in [1.807, 2.05) is 7.05 Å². The van der Waals surface area contributed by atoms with Gasteiger partial charge in [0.15, 0.2) is 5.96 Å². The smallest absolute Gasteiger partial charge is 0.190 e. The maximum atomic E-state index is 4.22. The lowest BCUT2D eigenvalue weighted by molar-refractivity contribution is 0.131. The first-order valence-electron chi connectivity index (χ1n) is 6.21. The number of halogens is 1. The van der Waals surface area contributed by atoms with E-state index in [9.17, 15) is 0 Å². The molecule has 0 amide bonds. The van der Waals surface area contributed by atoms with Gasteiger partial charge in [-0.15, -0.1) is 24.0 Å². The van der Waals surface area contributed by atoms with Crippen LogP contribution in [-0.4, -0.2) is 26.1 Å². The highest BCUT2D eigenvalue weighted by Crippen LogP contribution is 2.42. The Morgan fingerprint density at radius 1 is 1.25 bits per heavy atom. The van der Waals surface area contributed by atoms with Gasteiger partial charge in [-0.3, -0.25) is 4.99 Å². The second-order valence-corrected chi connectivity index (χ2v) is 4.56. The van der Waals surface area contributed by atoms with Gasteiger partial charge >= 0.3 is 0 Å². The van der Waals surface area contributed by atoms with Gasteiger partial charge in [-0.1, -0.05) is 20.3 Å². The second kappa shape index (κ2) is 8.14. The van der Waals surface area contributed by atoms with Gasteiger partial charge in [0.05, 0.1) is 0 Å². The molecule has 0 aliphatic heterocycles. The summed E-state index contributed by atoms with van der Waals surface area (Å²) in [4.78, 5) is 4.22. The SMILES string of the molecule is CCCNC(=NC)NCC1(CC)CCC1.I. The van der Waals surface area contributed by atoms with Crippen LogP contribution in [-0.2, 0) is 0 Å². The van der Waals surface area contributed by atoms with Crippen molar-refractivity contribution < 1.29 is 0 Å². The Hall–Kier alpha value is 0. The first kappa shape index (κ1) is 16.0. The molecule has 1 saturated carbocycles. The van der Waals surface area contributed by atoms with Crippen LogP contribution in [0, 0.1) is 5.41 Å². The summed E-state index contributed by atoms with van der Waals surface area (Å²) >= 11 is 0. The minimum Gasteiger partial charge on any atom is -0.356 e. The van der Waals surface area contributed by atoms with Gasteiger partial charge in [-0.25, -0.2) is 0 Å². The van der Waals surface area contributed by atoms with Crippen molar-refractivity contribution in [2.24, 2.45) is 10.4 Å². The topological polar surface area (TPSA) is 36.4 Å². The van der Waals surface area contributed by atoms with Crippen LogP contribution in [0.25, 0.3) is 0 Å². The summed E-state index contributed by atoms with van der Waals surface area (Å²) in [5.41, 5.74) is 0.559. The molecule has 0 bridgehead atoms. The average molecular weight is 339 g/mol. The molecule has 96 valence electrons. The Bertz CT molecular complexity index is 207. The van der Waals surface area contributed by atoms with Crippen molar-refractivity contribution in [1.29, 1.82) is 0 Å². The molecule has 1 aliphatic rings. The van der Waals surface area contributed by atoms with Crippen LogP contribution < -0.4 is 10.6 Å². The number of nitrogens with zero attached hydrogens (tertiary/aromatic N) is 1. The molecule has 0 aromatic rings. The van der Waals surface area contributed by atoms with E-state index in [1.165, 1.54) is 25.7 Å². The molecule has 0 spiro atoms. The summed E-state index contributed by atoms with van der Waals surface area (Å²) < 4.78 is 0. The maximum Gasteiger partial charge on any atom is 0.190 e. The molecule has 0 saturated heterocycles. The number of aliphatic imine (C=N–C) groups is 1. The fourth-order valence-electron chi connectivity index (χ4n) is 2.07. The molecule has 1 rings (SSSR count). The normalized spacial score (nSPS) is 18.3. The first-order chi connectivity index (χ1) is 7.26. The highest BCUT2D eigenvalue weighted by Gasteiger charge is 2.34. The molecule has 4 heteroatoms. The molecule has 0 atom stereocenters. The van der Waals surface area contributed by atoms with E-state index in [2.05, 4.69) is 29.5 Å². The molecule has 2 N–H and O–H groups in total. The molecule has 0 unspecified atom stereocenters. The highest BCUT2D eigenvalue weighted by atomic mass is 127. The minimum absolute atomic E-state index is 0. The van der Waals surface area contributed by atoms with Crippen LogP contribution in [0.2, 0.25) is 0 Å². The molecule has 16 heavy (non-hydrogen) atoms. The van der Waals surface area contributed by atoms with Gasteiger partial charge in [0, 0.05) is 20.1 Å². The zero-order valence-corrected chi connectivity index (χ0v) is 13.1. The van der Waals surface area contributed by atoms with Gasteiger partial charge < -0.3 is 10.6 Å². The van der Waals surface area contributed by atoms with Gasteiger partial charge in [-0.2, -0.15) is 0 Å². The van der Waals surface area contributed by atoms with Crippen molar-refractivity contribution in [3.63, 3.8) is 0 Å². The Morgan fingerprint density at radius 3 is 2.31 bits per heavy atom. The number of hydrogen-bond donors (Lipinski definition) is 2. The Balaban J connectivity index is 0.00000225. The predicted molar refractivity (Wildman–Crippen MR) is 81.6 cm³/mol. The van der Waals surface area contributed by atoms with Crippen LogP contribution in [0.5, 0.6) is 0 Å². The Labute approximate surface area is 117 Å². The summed E-state index contributed by atoms with van der Waals surface area (Å²) in [7, 11) is 1.84. The summed E-state index contributed by atoms with van der Waals surface area (Å²) in [5.74, 6) is 0.955. The van der Waals surface area contributed by atoms with Crippen LogP contribution in [0.3, 0.4) is 0 Å².